The van der Waals surface area contributed by atoms with E-state index in [2.05, 4.69) is 148 Å². The summed E-state index contributed by atoms with van der Waals surface area (Å²) in [6.07, 6.45) is 0. The van der Waals surface area contributed by atoms with Gasteiger partial charge in [-0.25, -0.2) is 4.98 Å². The lowest BCUT2D eigenvalue weighted by Gasteiger charge is -2.09. The van der Waals surface area contributed by atoms with Gasteiger partial charge in [-0.1, -0.05) is 102 Å². The molecule has 0 aliphatic carbocycles. The highest BCUT2D eigenvalue weighted by atomic mass is 32.1. The molecule has 10 rings (SSSR count). The minimum absolute atomic E-state index is 1.01. The van der Waals surface area contributed by atoms with Crippen molar-refractivity contribution in [1.82, 2.24) is 14.0 Å². The van der Waals surface area contributed by atoms with Crippen molar-refractivity contribution in [2.24, 2.45) is 0 Å². The largest absolute Gasteiger partial charge is 0.309 e. The van der Waals surface area contributed by atoms with Gasteiger partial charge >= 0.3 is 0 Å². The number of benzene rings is 6. The molecule has 44 heavy (non-hydrogen) atoms. The van der Waals surface area contributed by atoms with Gasteiger partial charge < -0.3 is 4.57 Å². The summed E-state index contributed by atoms with van der Waals surface area (Å²) in [6.45, 7) is 0. The zero-order chi connectivity index (χ0) is 28.8. The molecule has 0 bridgehead atoms. The molecule has 3 nitrogen and oxygen atoms in total. The average Bonchev–Trinajstić information content (AvgIpc) is 3.82. The van der Waals surface area contributed by atoms with E-state index < -0.39 is 0 Å². The van der Waals surface area contributed by atoms with Crippen molar-refractivity contribution in [1.29, 1.82) is 0 Å². The van der Waals surface area contributed by atoms with Crippen molar-refractivity contribution >= 4 is 79.8 Å². The van der Waals surface area contributed by atoms with Gasteiger partial charge in [-0.3, -0.25) is 4.40 Å². The molecule has 0 atom stereocenters. The zero-order valence-electron chi connectivity index (χ0n) is 23.4. The van der Waals surface area contributed by atoms with Gasteiger partial charge in [0, 0.05) is 47.8 Å². The lowest BCUT2D eigenvalue weighted by atomic mass is 10.0. The Morgan fingerprint density at radius 2 is 1.23 bits per heavy atom. The molecule has 0 unspecified atom stereocenters. The molecule has 10 aromatic rings. The second kappa shape index (κ2) is 9.13. The van der Waals surface area contributed by atoms with Crippen molar-refractivity contribution in [3.05, 3.63) is 140 Å². The number of aromatic nitrogens is 3. The van der Waals surface area contributed by atoms with Crippen molar-refractivity contribution < 1.29 is 0 Å². The molecule has 0 spiro atoms. The number of para-hydroxylation sites is 2. The van der Waals surface area contributed by atoms with Gasteiger partial charge in [-0.05, 0) is 48.5 Å². The Bertz CT molecular complexity index is 2710. The molecular formula is C39H23N3S2. The van der Waals surface area contributed by atoms with E-state index in [0.717, 1.165) is 27.5 Å². The summed E-state index contributed by atoms with van der Waals surface area (Å²) in [5.41, 5.74) is 9.22. The van der Waals surface area contributed by atoms with E-state index in [9.17, 15) is 0 Å². The fourth-order valence-corrected chi connectivity index (χ4v) is 9.15. The Morgan fingerprint density at radius 3 is 2.09 bits per heavy atom. The number of hydrogen-bond acceptors (Lipinski definition) is 3. The summed E-state index contributed by atoms with van der Waals surface area (Å²) < 4.78 is 8.65. The first-order chi connectivity index (χ1) is 21.8. The van der Waals surface area contributed by atoms with Crippen LogP contribution in [-0.4, -0.2) is 14.0 Å². The maximum Gasteiger partial charge on any atom is 0.195 e. The van der Waals surface area contributed by atoms with Crippen LogP contribution >= 0.6 is 22.7 Å². The Kier molecular flexibility index (Phi) is 5.03. The van der Waals surface area contributed by atoms with Crippen LogP contribution in [0.5, 0.6) is 0 Å². The molecular weight excluding hydrogens is 575 g/mol. The second-order valence-electron chi connectivity index (χ2n) is 11.2. The molecule has 4 heterocycles. The Balaban J connectivity index is 1.33. The number of imidazole rings is 1. The van der Waals surface area contributed by atoms with Crippen molar-refractivity contribution in [2.45, 2.75) is 0 Å². The third-order valence-electron chi connectivity index (χ3n) is 8.76. The van der Waals surface area contributed by atoms with Crippen LogP contribution in [0, 0.1) is 0 Å². The first kappa shape index (κ1) is 24.2. The molecule has 0 aliphatic rings. The number of nitrogens with zero attached hydrogens (tertiary/aromatic N) is 3. The highest BCUT2D eigenvalue weighted by Gasteiger charge is 2.22. The third-order valence-corrected chi connectivity index (χ3v) is 11.0. The summed E-state index contributed by atoms with van der Waals surface area (Å²) in [7, 11) is 0. The zero-order valence-corrected chi connectivity index (χ0v) is 25.1. The molecule has 0 saturated heterocycles. The number of fused-ring (bicyclic) bond motifs is 10. The van der Waals surface area contributed by atoms with Gasteiger partial charge in [0.25, 0.3) is 0 Å². The molecule has 0 N–H and O–H groups in total. The average molecular weight is 598 g/mol. The van der Waals surface area contributed by atoms with Crippen LogP contribution in [0.2, 0.25) is 0 Å². The number of hydrogen-bond donors (Lipinski definition) is 0. The molecule has 0 amide bonds. The summed E-state index contributed by atoms with van der Waals surface area (Å²) in [5, 5.41) is 5.18. The third kappa shape index (κ3) is 3.34. The molecule has 0 saturated carbocycles. The minimum atomic E-state index is 1.01. The van der Waals surface area contributed by atoms with E-state index in [4.69, 9.17) is 4.98 Å². The number of rotatable bonds is 3. The molecule has 206 valence electrons. The quantitative estimate of drug-likeness (QED) is 0.199. The van der Waals surface area contributed by atoms with Gasteiger partial charge in [0.05, 0.1) is 32.6 Å². The lowest BCUT2D eigenvalue weighted by Crippen LogP contribution is -1.93. The second-order valence-corrected chi connectivity index (χ2v) is 13.3. The van der Waals surface area contributed by atoms with Crippen LogP contribution in [0.15, 0.2) is 140 Å². The van der Waals surface area contributed by atoms with Crippen molar-refractivity contribution in [3.8, 4) is 28.2 Å². The van der Waals surface area contributed by atoms with E-state index in [1.807, 2.05) is 11.3 Å². The van der Waals surface area contributed by atoms with Crippen molar-refractivity contribution in [3.63, 3.8) is 0 Å². The molecule has 5 heteroatoms. The van der Waals surface area contributed by atoms with Crippen LogP contribution in [0.4, 0.5) is 0 Å². The summed E-state index contributed by atoms with van der Waals surface area (Å²) in [4.78, 5) is 6.34. The lowest BCUT2D eigenvalue weighted by molar-refractivity contribution is 1.18. The predicted octanol–water partition coefficient (Wildman–Crippen LogP) is 11.3. The molecule has 0 aliphatic heterocycles. The van der Waals surface area contributed by atoms with Gasteiger partial charge in [0.2, 0.25) is 0 Å². The van der Waals surface area contributed by atoms with Gasteiger partial charge in [-0.2, -0.15) is 0 Å². The summed E-state index contributed by atoms with van der Waals surface area (Å²) in [6, 6.07) is 50.3. The van der Waals surface area contributed by atoms with E-state index in [-0.39, 0.29) is 0 Å². The SMILES string of the molecule is c1ccc(-c2c(-c3ccc4c(c3)c3c5sc6ccccc6c5ccc3n4-c3ccccc3)nc3sc4ccccc4n23)cc1. The monoisotopic (exact) mass is 597 g/mol. The predicted molar refractivity (Wildman–Crippen MR) is 189 cm³/mol. The fourth-order valence-electron chi connectivity index (χ4n) is 6.87. The Morgan fingerprint density at radius 1 is 0.500 bits per heavy atom. The first-order valence-electron chi connectivity index (χ1n) is 14.7. The maximum atomic E-state index is 5.32. The summed E-state index contributed by atoms with van der Waals surface area (Å²) in [5.74, 6) is 0. The van der Waals surface area contributed by atoms with Crippen LogP contribution in [0.3, 0.4) is 0 Å². The van der Waals surface area contributed by atoms with E-state index in [1.54, 1.807) is 11.3 Å². The number of thiazole rings is 1. The van der Waals surface area contributed by atoms with Gasteiger partial charge in [-0.15, -0.1) is 11.3 Å². The molecule has 0 radical (unpaired) electrons. The first-order valence-corrected chi connectivity index (χ1v) is 16.4. The van der Waals surface area contributed by atoms with E-state index >= 15 is 0 Å². The maximum absolute atomic E-state index is 5.32. The standard InChI is InChI=1S/C39H23N3S2/c1-3-11-24(12-4-1)37-36(40-39-42(37)31-16-8-10-18-34(31)44-39)25-19-21-30-29(23-25)35-32(41(30)26-13-5-2-6-14-26)22-20-28-27-15-7-9-17-33(27)43-38(28)35/h1-23H. The smallest absolute Gasteiger partial charge is 0.195 e. The van der Waals surface area contributed by atoms with Crippen LogP contribution in [-0.2, 0) is 0 Å². The van der Waals surface area contributed by atoms with Gasteiger partial charge in [0.1, 0.15) is 0 Å². The molecule has 4 aromatic heterocycles. The highest BCUT2D eigenvalue weighted by molar-refractivity contribution is 7.26. The normalized spacial score (nSPS) is 12.1. The van der Waals surface area contributed by atoms with Crippen LogP contribution in [0.25, 0.3) is 85.4 Å². The highest BCUT2D eigenvalue weighted by Crippen LogP contribution is 2.45. The van der Waals surface area contributed by atoms with Gasteiger partial charge in [0.15, 0.2) is 4.96 Å². The summed E-state index contributed by atoms with van der Waals surface area (Å²) >= 11 is 3.64. The number of thiophene rings is 1. The van der Waals surface area contributed by atoms with Crippen LogP contribution in [0.1, 0.15) is 0 Å². The van der Waals surface area contributed by atoms with Crippen molar-refractivity contribution in [2.75, 3.05) is 0 Å². The Hall–Kier alpha value is -5.23. The van der Waals surface area contributed by atoms with E-state index in [1.165, 1.54) is 57.9 Å². The molecule has 0 fully saturated rings. The fraction of sp³-hybridized carbons (Fsp3) is 0. The minimum Gasteiger partial charge on any atom is -0.309 e. The van der Waals surface area contributed by atoms with Crippen LogP contribution < -0.4 is 0 Å². The van der Waals surface area contributed by atoms with E-state index in [0.29, 0.717) is 0 Å². The Labute approximate surface area is 260 Å². The molecule has 6 aromatic carbocycles. The topological polar surface area (TPSA) is 22.2 Å².